The summed E-state index contributed by atoms with van der Waals surface area (Å²) < 4.78 is 4.62. The van der Waals surface area contributed by atoms with E-state index in [1.54, 1.807) is 30.3 Å². The molecule has 1 unspecified atom stereocenters. The molecule has 1 aliphatic rings. The van der Waals surface area contributed by atoms with Crippen molar-refractivity contribution in [2.75, 3.05) is 7.11 Å². The molecule has 0 spiro atoms. The van der Waals surface area contributed by atoms with Gasteiger partial charge in [0.1, 0.15) is 0 Å². The van der Waals surface area contributed by atoms with Gasteiger partial charge in [-0.25, -0.2) is 4.79 Å². The van der Waals surface area contributed by atoms with E-state index in [0.29, 0.717) is 18.4 Å². The fraction of sp³-hybridized carbons (Fsp3) is 0.400. The number of amides is 1. The Morgan fingerprint density at radius 3 is 2.62 bits per heavy atom. The molecule has 6 heteroatoms. The van der Waals surface area contributed by atoms with E-state index in [2.05, 4.69) is 9.84 Å². The summed E-state index contributed by atoms with van der Waals surface area (Å²) in [5, 5.41) is 15.7. The maximum atomic E-state index is 12.5. The molecule has 0 saturated heterocycles. The van der Waals surface area contributed by atoms with Crippen molar-refractivity contribution in [1.29, 1.82) is 0 Å². The van der Waals surface area contributed by atoms with Gasteiger partial charge in [0, 0.05) is 12.0 Å². The molecule has 1 aromatic carbocycles. The summed E-state index contributed by atoms with van der Waals surface area (Å²) in [7, 11) is 1.24. The van der Waals surface area contributed by atoms with E-state index in [4.69, 9.17) is 0 Å². The molecule has 1 aromatic rings. The van der Waals surface area contributed by atoms with Gasteiger partial charge in [0.2, 0.25) is 0 Å². The third-order valence-electron chi connectivity index (χ3n) is 3.35. The van der Waals surface area contributed by atoms with Gasteiger partial charge in [0.25, 0.3) is 5.91 Å². The second-order valence-electron chi connectivity index (χ2n) is 4.93. The Hall–Kier alpha value is -2.21. The third kappa shape index (κ3) is 2.95. The molecule has 1 amide bonds. The molecule has 1 atom stereocenters. The average molecular weight is 290 g/mol. The average Bonchev–Trinajstić information content (AvgIpc) is 2.84. The highest BCUT2D eigenvalue weighted by molar-refractivity contribution is 6.37. The number of hydrogen-bond donors (Lipinski definition) is 1. The summed E-state index contributed by atoms with van der Waals surface area (Å²) in [5.74, 6) is -1.07. The molecule has 0 fully saturated rings. The first kappa shape index (κ1) is 15.2. The fourth-order valence-electron chi connectivity index (χ4n) is 2.36. The smallest absolute Gasteiger partial charge is 0.354 e. The van der Waals surface area contributed by atoms with Crippen molar-refractivity contribution in [1.82, 2.24) is 5.01 Å². The summed E-state index contributed by atoms with van der Waals surface area (Å²) in [6.07, 6.45) is 0.959. The minimum Gasteiger partial charge on any atom is -0.464 e. The van der Waals surface area contributed by atoms with Gasteiger partial charge in [-0.3, -0.25) is 4.79 Å². The molecular formula is C15H18N2O4. The summed E-state index contributed by atoms with van der Waals surface area (Å²) in [6.45, 7) is 1.89. The van der Waals surface area contributed by atoms with Crippen LogP contribution in [0.15, 0.2) is 35.4 Å². The predicted molar refractivity (Wildman–Crippen MR) is 76.5 cm³/mol. The van der Waals surface area contributed by atoms with Crippen LogP contribution in [-0.4, -0.2) is 40.5 Å². The van der Waals surface area contributed by atoms with Crippen LogP contribution < -0.4 is 0 Å². The van der Waals surface area contributed by atoms with Crippen LogP contribution in [0.3, 0.4) is 0 Å². The first-order valence-electron chi connectivity index (χ1n) is 6.79. The second-order valence-corrected chi connectivity index (χ2v) is 4.93. The van der Waals surface area contributed by atoms with E-state index < -0.39 is 17.6 Å². The predicted octanol–water partition coefficient (Wildman–Crippen LogP) is 1.55. The first-order valence-corrected chi connectivity index (χ1v) is 6.79. The molecular weight excluding hydrogens is 272 g/mol. The van der Waals surface area contributed by atoms with Crippen molar-refractivity contribution in [2.24, 2.45) is 5.10 Å². The third-order valence-corrected chi connectivity index (χ3v) is 3.35. The topological polar surface area (TPSA) is 79.2 Å². The zero-order valence-corrected chi connectivity index (χ0v) is 12.1. The van der Waals surface area contributed by atoms with E-state index in [-0.39, 0.29) is 12.1 Å². The Kier molecular flexibility index (Phi) is 4.37. The highest BCUT2D eigenvalue weighted by Gasteiger charge is 2.46. The van der Waals surface area contributed by atoms with E-state index in [9.17, 15) is 14.7 Å². The summed E-state index contributed by atoms with van der Waals surface area (Å²) in [4.78, 5) is 24.1. The number of benzene rings is 1. The quantitative estimate of drug-likeness (QED) is 0.853. The minimum absolute atomic E-state index is 0.0217. The molecule has 112 valence electrons. The Morgan fingerprint density at radius 1 is 1.38 bits per heavy atom. The second kappa shape index (κ2) is 6.05. The summed E-state index contributed by atoms with van der Waals surface area (Å²) >= 11 is 0. The monoisotopic (exact) mass is 290 g/mol. The van der Waals surface area contributed by atoms with Gasteiger partial charge in [0.15, 0.2) is 11.4 Å². The standard InChI is InChI=1S/C15H18N2O4/c1-3-9-15(20)10-12(14(19)21-2)16-17(15)13(18)11-7-5-4-6-8-11/h4-8,20H,3,9-10H2,1-2H3. The van der Waals surface area contributed by atoms with Gasteiger partial charge < -0.3 is 9.84 Å². The number of rotatable bonds is 4. The maximum Gasteiger partial charge on any atom is 0.354 e. The van der Waals surface area contributed by atoms with Crippen LogP contribution in [0, 0.1) is 0 Å². The molecule has 0 saturated carbocycles. The molecule has 0 aliphatic carbocycles. The lowest BCUT2D eigenvalue weighted by Gasteiger charge is -2.30. The number of ether oxygens (including phenoxy) is 1. The van der Waals surface area contributed by atoms with Gasteiger partial charge in [0.05, 0.1) is 7.11 Å². The normalized spacial score (nSPS) is 21.1. The fourth-order valence-corrected chi connectivity index (χ4v) is 2.36. The van der Waals surface area contributed by atoms with Crippen molar-refractivity contribution in [3.05, 3.63) is 35.9 Å². The van der Waals surface area contributed by atoms with Crippen molar-refractivity contribution in [2.45, 2.75) is 31.9 Å². The molecule has 1 heterocycles. The van der Waals surface area contributed by atoms with Crippen molar-refractivity contribution in [3.63, 3.8) is 0 Å². The lowest BCUT2D eigenvalue weighted by Crippen LogP contribution is -2.46. The number of aliphatic hydroxyl groups is 1. The molecule has 21 heavy (non-hydrogen) atoms. The van der Waals surface area contributed by atoms with Crippen LogP contribution in [0.2, 0.25) is 0 Å². The molecule has 2 rings (SSSR count). The Balaban J connectivity index is 2.34. The number of nitrogens with zero attached hydrogens (tertiary/aromatic N) is 2. The van der Waals surface area contributed by atoms with Gasteiger partial charge in [-0.1, -0.05) is 31.5 Å². The van der Waals surface area contributed by atoms with E-state index in [1.165, 1.54) is 7.11 Å². The maximum absolute atomic E-state index is 12.5. The number of hydrazone groups is 1. The number of esters is 1. The highest BCUT2D eigenvalue weighted by Crippen LogP contribution is 2.31. The largest absolute Gasteiger partial charge is 0.464 e. The van der Waals surface area contributed by atoms with Gasteiger partial charge in [-0.05, 0) is 18.6 Å². The van der Waals surface area contributed by atoms with Crippen LogP contribution in [0.5, 0.6) is 0 Å². The Labute approximate surface area is 123 Å². The van der Waals surface area contributed by atoms with Crippen molar-refractivity contribution >= 4 is 17.6 Å². The Morgan fingerprint density at radius 2 is 2.05 bits per heavy atom. The summed E-state index contributed by atoms with van der Waals surface area (Å²) in [5.41, 5.74) is -1.02. The number of carbonyl (C=O) groups excluding carboxylic acids is 2. The van der Waals surface area contributed by atoms with E-state index in [1.807, 2.05) is 6.92 Å². The molecule has 6 nitrogen and oxygen atoms in total. The summed E-state index contributed by atoms with van der Waals surface area (Å²) in [6, 6.07) is 8.53. The van der Waals surface area contributed by atoms with Crippen LogP contribution in [0.25, 0.3) is 0 Å². The van der Waals surface area contributed by atoms with Crippen LogP contribution in [0.1, 0.15) is 36.5 Å². The Bertz CT molecular complexity index is 570. The molecule has 0 radical (unpaired) electrons. The van der Waals surface area contributed by atoms with Crippen LogP contribution in [-0.2, 0) is 9.53 Å². The van der Waals surface area contributed by atoms with E-state index in [0.717, 1.165) is 5.01 Å². The highest BCUT2D eigenvalue weighted by atomic mass is 16.5. The zero-order chi connectivity index (χ0) is 15.5. The number of hydrogen-bond acceptors (Lipinski definition) is 5. The van der Waals surface area contributed by atoms with Crippen molar-refractivity contribution in [3.8, 4) is 0 Å². The number of methoxy groups -OCH3 is 1. The number of carbonyl (C=O) groups is 2. The zero-order valence-electron chi connectivity index (χ0n) is 12.1. The minimum atomic E-state index is -1.48. The molecule has 0 bridgehead atoms. The SMILES string of the molecule is CCCC1(O)CC(C(=O)OC)=NN1C(=O)c1ccccc1. The van der Waals surface area contributed by atoms with Gasteiger partial charge in [-0.2, -0.15) is 10.1 Å². The van der Waals surface area contributed by atoms with Gasteiger partial charge in [-0.15, -0.1) is 0 Å². The molecule has 1 aliphatic heterocycles. The first-order chi connectivity index (χ1) is 10.0. The van der Waals surface area contributed by atoms with Crippen LogP contribution in [0.4, 0.5) is 0 Å². The lowest BCUT2D eigenvalue weighted by atomic mass is 10.0. The van der Waals surface area contributed by atoms with Gasteiger partial charge >= 0.3 is 5.97 Å². The van der Waals surface area contributed by atoms with Crippen LogP contribution >= 0.6 is 0 Å². The lowest BCUT2D eigenvalue weighted by molar-refractivity contribution is -0.133. The molecule has 1 N–H and O–H groups in total. The van der Waals surface area contributed by atoms with Crippen molar-refractivity contribution < 1.29 is 19.4 Å². The van der Waals surface area contributed by atoms with E-state index >= 15 is 0 Å². The molecule has 0 aromatic heterocycles.